The molecule has 0 aliphatic heterocycles. The van der Waals surface area contributed by atoms with Crippen molar-refractivity contribution in [3.8, 4) is 0 Å². The van der Waals surface area contributed by atoms with E-state index in [4.69, 9.17) is 0 Å². The number of Topliss-reactive ketones (excluding diaryl/α,β-unsaturated/α-hetero) is 1. The van der Waals surface area contributed by atoms with Gasteiger partial charge in [0.15, 0.2) is 5.78 Å². The second-order valence-corrected chi connectivity index (χ2v) is 1.93. The van der Waals surface area contributed by atoms with E-state index in [-0.39, 0.29) is 5.78 Å². The van der Waals surface area contributed by atoms with Gasteiger partial charge in [0.05, 0.1) is 0 Å². The summed E-state index contributed by atoms with van der Waals surface area (Å²) in [5.74, 6) is -0.347. The number of hydrogen-bond acceptors (Lipinski definition) is 1. The zero-order chi connectivity index (χ0) is 7.40. The van der Waals surface area contributed by atoms with Crippen LogP contribution in [0.2, 0.25) is 0 Å². The largest absolute Gasteiger partial charge is 0.291 e. The van der Waals surface area contributed by atoms with Crippen LogP contribution in [0.3, 0.4) is 0 Å². The molecule has 2 heteroatoms. The van der Waals surface area contributed by atoms with Crippen LogP contribution in [0.15, 0.2) is 30.3 Å². The number of carbonyl (C=O) groups is 1. The first-order valence-electron chi connectivity index (χ1n) is 3.01. The van der Waals surface area contributed by atoms with E-state index in [0.717, 1.165) is 0 Å². The Kier molecular flexibility index (Phi) is 2.18. The topological polar surface area (TPSA) is 37.0 Å². The van der Waals surface area contributed by atoms with Crippen molar-refractivity contribution in [3.63, 3.8) is 0 Å². The van der Waals surface area contributed by atoms with Gasteiger partial charge in [0.1, 0.15) is 6.61 Å². The minimum Gasteiger partial charge on any atom is -0.291 e. The van der Waals surface area contributed by atoms with Crippen molar-refractivity contribution in [1.82, 2.24) is 0 Å². The molecule has 0 bridgehead atoms. The van der Waals surface area contributed by atoms with E-state index in [0.29, 0.717) is 5.56 Å². The summed E-state index contributed by atoms with van der Waals surface area (Å²) in [5, 5.41) is 10.1. The number of hydrogen-bond donors (Lipinski definition) is 0. The normalized spacial score (nSPS) is 9.30. The van der Waals surface area contributed by atoms with Gasteiger partial charge >= 0.3 is 0 Å². The van der Waals surface area contributed by atoms with E-state index in [1.54, 1.807) is 24.3 Å². The van der Waals surface area contributed by atoms with Crippen LogP contribution in [0.25, 0.3) is 0 Å². The molecule has 0 saturated heterocycles. The molecular formula is C8H7O2. The van der Waals surface area contributed by atoms with Crippen molar-refractivity contribution in [3.05, 3.63) is 35.9 Å². The minimum absolute atomic E-state index is 0.347. The Morgan fingerprint density at radius 1 is 1.20 bits per heavy atom. The number of benzene rings is 1. The maximum Gasteiger partial charge on any atom is 0.191 e. The molecule has 0 amide bonds. The first kappa shape index (κ1) is 6.96. The van der Waals surface area contributed by atoms with Gasteiger partial charge in [-0.15, -0.1) is 0 Å². The highest BCUT2D eigenvalue weighted by molar-refractivity contribution is 5.96. The highest BCUT2D eigenvalue weighted by atomic mass is 16.3. The van der Waals surface area contributed by atoms with Crippen molar-refractivity contribution in [1.29, 1.82) is 0 Å². The van der Waals surface area contributed by atoms with Crippen LogP contribution >= 0.6 is 0 Å². The fourth-order valence-electron chi connectivity index (χ4n) is 0.707. The molecule has 51 valence electrons. The lowest BCUT2D eigenvalue weighted by Gasteiger charge is -1.92. The third kappa shape index (κ3) is 1.42. The maximum atomic E-state index is 10.7. The Balaban J connectivity index is 2.85. The second-order valence-electron chi connectivity index (χ2n) is 1.93. The molecule has 2 nitrogen and oxygen atoms in total. The molecule has 0 aromatic heterocycles. The molecule has 1 radical (unpaired) electrons. The summed E-state index contributed by atoms with van der Waals surface area (Å²) in [6.45, 7) is -0.663. The maximum absolute atomic E-state index is 10.7. The molecule has 0 aliphatic rings. The fraction of sp³-hybridized carbons (Fsp3) is 0.125. The van der Waals surface area contributed by atoms with Crippen LogP contribution < -0.4 is 0 Å². The summed E-state index contributed by atoms with van der Waals surface area (Å²) in [6, 6.07) is 8.56. The molecule has 0 N–H and O–H groups in total. The first-order valence-corrected chi connectivity index (χ1v) is 3.01. The average molecular weight is 135 g/mol. The minimum atomic E-state index is -0.663. The smallest absolute Gasteiger partial charge is 0.191 e. The highest BCUT2D eigenvalue weighted by Crippen LogP contribution is 1.98. The van der Waals surface area contributed by atoms with Gasteiger partial charge in [-0.3, -0.25) is 4.79 Å². The zero-order valence-corrected chi connectivity index (χ0v) is 5.41. The van der Waals surface area contributed by atoms with Gasteiger partial charge in [-0.2, -0.15) is 0 Å². The quantitative estimate of drug-likeness (QED) is 0.563. The van der Waals surface area contributed by atoms with E-state index < -0.39 is 6.61 Å². The van der Waals surface area contributed by atoms with Gasteiger partial charge in [0, 0.05) is 5.56 Å². The van der Waals surface area contributed by atoms with Gasteiger partial charge in [-0.1, -0.05) is 30.3 Å². The predicted molar refractivity (Wildman–Crippen MR) is 36.3 cm³/mol. The van der Waals surface area contributed by atoms with Crippen LogP contribution in [-0.2, 0) is 5.11 Å². The van der Waals surface area contributed by atoms with Crippen molar-refractivity contribution >= 4 is 5.78 Å². The molecule has 0 heterocycles. The third-order valence-electron chi connectivity index (χ3n) is 1.23. The van der Waals surface area contributed by atoms with Gasteiger partial charge in [-0.05, 0) is 0 Å². The lowest BCUT2D eigenvalue weighted by molar-refractivity contribution is 0.0827. The zero-order valence-electron chi connectivity index (χ0n) is 5.41. The van der Waals surface area contributed by atoms with Gasteiger partial charge < -0.3 is 0 Å². The SMILES string of the molecule is [O]CC(=O)c1ccccc1. The number of carbonyl (C=O) groups excluding carboxylic acids is 1. The van der Waals surface area contributed by atoms with Gasteiger partial charge in [0.2, 0.25) is 0 Å². The standard InChI is InChI=1S/C8H7O2/c9-6-8(10)7-4-2-1-3-5-7/h1-5H,6H2. The van der Waals surface area contributed by atoms with Crippen molar-refractivity contribution in [2.75, 3.05) is 6.61 Å². The van der Waals surface area contributed by atoms with E-state index >= 15 is 0 Å². The Labute approximate surface area is 59.1 Å². The molecule has 0 fully saturated rings. The van der Waals surface area contributed by atoms with Crippen LogP contribution in [0.5, 0.6) is 0 Å². The predicted octanol–water partition coefficient (Wildman–Crippen LogP) is 1.30. The lowest BCUT2D eigenvalue weighted by Crippen LogP contribution is -2.01. The van der Waals surface area contributed by atoms with Crippen LogP contribution in [0.1, 0.15) is 10.4 Å². The van der Waals surface area contributed by atoms with Crippen molar-refractivity contribution in [2.45, 2.75) is 0 Å². The van der Waals surface area contributed by atoms with Crippen LogP contribution in [-0.4, -0.2) is 12.4 Å². The molecule has 1 aromatic rings. The lowest BCUT2D eigenvalue weighted by atomic mass is 10.1. The molecule has 0 spiro atoms. The molecule has 1 rings (SSSR count). The molecule has 0 aliphatic carbocycles. The van der Waals surface area contributed by atoms with E-state index in [9.17, 15) is 9.90 Å². The summed E-state index contributed by atoms with van der Waals surface area (Å²) in [6.07, 6.45) is 0. The monoisotopic (exact) mass is 135 g/mol. The third-order valence-corrected chi connectivity index (χ3v) is 1.23. The first-order chi connectivity index (χ1) is 4.84. The van der Waals surface area contributed by atoms with Crippen LogP contribution in [0, 0.1) is 0 Å². The summed E-state index contributed by atoms with van der Waals surface area (Å²) in [5.41, 5.74) is 0.498. The average Bonchev–Trinajstić information content (AvgIpc) is 2.05. The van der Waals surface area contributed by atoms with Crippen molar-refractivity contribution in [2.24, 2.45) is 0 Å². The van der Waals surface area contributed by atoms with Crippen LogP contribution in [0.4, 0.5) is 0 Å². The number of ketones is 1. The summed E-state index contributed by atoms with van der Waals surface area (Å²) < 4.78 is 0. The Morgan fingerprint density at radius 2 is 1.80 bits per heavy atom. The van der Waals surface area contributed by atoms with E-state index in [1.807, 2.05) is 6.07 Å². The summed E-state index contributed by atoms with van der Waals surface area (Å²) in [7, 11) is 0. The molecular weight excluding hydrogens is 128 g/mol. The number of rotatable bonds is 2. The Hall–Kier alpha value is -1.15. The Bertz CT molecular complexity index is 216. The second kappa shape index (κ2) is 3.13. The summed E-state index contributed by atoms with van der Waals surface area (Å²) >= 11 is 0. The molecule has 0 saturated carbocycles. The molecule has 10 heavy (non-hydrogen) atoms. The summed E-state index contributed by atoms with van der Waals surface area (Å²) in [4.78, 5) is 10.7. The van der Waals surface area contributed by atoms with Gasteiger partial charge in [-0.25, -0.2) is 5.11 Å². The van der Waals surface area contributed by atoms with E-state index in [1.165, 1.54) is 0 Å². The van der Waals surface area contributed by atoms with Crippen molar-refractivity contribution < 1.29 is 9.90 Å². The van der Waals surface area contributed by atoms with Gasteiger partial charge in [0.25, 0.3) is 0 Å². The fourth-order valence-corrected chi connectivity index (χ4v) is 0.707. The highest BCUT2D eigenvalue weighted by Gasteiger charge is 2.00. The molecule has 1 aromatic carbocycles. The van der Waals surface area contributed by atoms with E-state index in [2.05, 4.69) is 0 Å². The molecule has 0 atom stereocenters. The Morgan fingerprint density at radius 3 is 2.30 bits per heavy atom. The molecule has 0 unspecified atom stereocenters.